The Labute approximate surface area is 150 Å². The van der Waals surface area contributed by atoms with Crippen LogP contribution in [0.5, 0.6) is 0 Å². The number of aryl methyl sites for hydroxylation is 1. The highest BCUT2D eigenvalue weighted by Crippen LogP contribution is 2.21. The Bertz CT molecular complexity index is 886. The van der Waals surface area contributed by atoms with E-state index in [9.17, 15) is 9.59 Å². The number of hydrogen-bond acceptors (Lipinski definition) is 5. The van der Waals surface area contributed by atoms with E-state index in [1.54, 1.807) is 30.3 Å². The largest absolute Gasteiger partial charge is 0.458 e. The summed E-state index contributed by atoms with van der Waals surface area (Å²) in [4.78, 5) is 23.6. The Morgan fingerprint density at radius 3 is 2.54 bits per heavy atom. The Balaban J connectivity index is 1.47. The van der Waals surface area contributed by atoms with Gasteiger partial charge in [-0.1, -0.05) is 53.2 Å². The molecule has 3 aromatic rings. The molecule has 3 rings (SSSR count). The Hall–Kier alpha value is -3.41. The highest BCUT2D eigenvalue weighted by Gasteiger charge is 2.11. The molecule has 0 saturated heterocycles. The van der Waals surface area contributed by atoms with E-state index < -0.39 is 5.97 Å². The zero-order valence-electron chi connectivity index (χ0n) is 14.3. The second-order valence-corrected chi connectivity index (χ2v) is 5.76. The Kier molecular flexibility index (Phi) is 5.43. The van der Waals surface area contributed by atoms with Gasteiger partial charge in [0.1, 0.15) is 18.8 Å². The SMILES string of the molecule is Cc1ccc(-c2cc(COC(=O)CNC(=O)c3ccccc3)no2)cc1. The van der Waals surface area contributed by atoms with Crippen LogP contribution in [0.2, 0.25) is 0 Å². The number of nitrogens with zero attached hydrogens (tertiary/aromatic N) is 1. The smallest absolute Gasteiger partial charge is 0.325 e. The van der Waals surface area contributed by atoms with Crippen LogP contribution in [0, 0.1) is 6.92 Å². The maximum Gasteiger partial charge on any atom is 0.325 e. The summed E-state index contributed by atoms with van der Waals surface area (Å²) in [5.74, 6) is -0.270. The van der Waals surface area contributed by atoms with Crippen molar-refractivity contribution in [3.8, 4) is 11.3 Å². The average molecular weight is 350 g/mol. The summed E-state index contributed by atoms with van der Waals surface area (Å²) in [7, 11) is 0. The predicted molar refractivity (Wildman–Crippen MR) is 95.2 cm³/mol. The summed E-state index contributed by atoms with van der Waals surface area (Å²) in [6, 6.07) is 18.2. The highest BCUT2D eigenvalue weighted by molar-refractivity contribution is 5.95. The number of nitrogens with one attached hydrogen (secondary N) is 1. The number of carbonyl (C=O) groups is 2. The molecule has 2 aromatic carbocycles. The molecule has 0 unspecified atom stereocenters. The monoisotopic (exact) mass is 350 g/mol. The fourth-order valence-corrected chi connectivity index (χ4v) is 2.28. The van der Waals surface area contributed by atoms with E-state index >= 15 is 0 Å². The van der Waals surface area contributed by atoms with Crippen molar-refractivity contribution in [3.63, 3.8) is 0 Å². The van der Waals surface area contributed by atoms with Crippen LogP contribution in [0.25, 0.3) is 11.3 Å². The lowest BCUT2D eigenvalue weighted by Crippen LogP contribution is -2.30. The van der Waals surface area contributed by atoms with Crippen LogP contribution in [-0.2, 0) is 16.1 Å². The summed E-state index contributed by atoms with van der Waals surface area (Å²) in [6.45, 7) is 1.78. The van der Waals surface area contributed by atoms with Gasteiger partial charge in [0.05, 0.1) is 0 Å². The second-order valence-electron chi connectivity index (χ2n) is 5.76. The molecule has 0 aliphatic heterocycles. The first kappa shape index (κ1) is 17.4. The van der Waals surface area contributed by atoms with E-state index in [1.807, 2.05) is 37.3 Å². The third-order valence-corrected chi connectivity index (χ3v) is 3.71. The molecule has 1 amide bonds. The van der Waals surface area contributed by atoms with E-state index in [-0.39, 0.29) is 19.1 Å². The maximum absolute atomic E-state index is 11.9. The van der Waals surface area contributed by atoms with Gasteiger partial charge in [0.15, 0.2) is 5.76 Å². The molecule has 0 spiro atoms. The van der Waals surface area contributed by atoms with Gasteiger partial charge in [-0.25, -0.2) is 0 Å². The molecule has 0 aliphatic carbocycles. The minimum atomic E-state index is -0.547. The van der Waals surface area contributed by atoms with Crippen molar-refractivity contribution in [2.45, 2.75) is 13.5 Å². The minimum absolute atomic E-state index is 0.0185. The maximum atomic E-state index is 11.9. The van der Waals surface area contributed by atoms with E-state index in [0.29, 0.717) is 17.0 Å². The summed E-state index contributed by atoms with van der Waals surface area (Å²) in [6.07, 6.45) is 0. The fraction of sp³-hybridized carbons (Fsp3) is 0.150. The van der Waals surface area contributed by atoms with E-state index in [4.69, 9.17) is 9.26 Å². The van der Waals surface area contributed by atoms with E-state index in [2.05, 4.69) is 10.5 Å². The van der Waals surface area contributed by atoms with Crippen LogP contribution < -0.4 is 5.32 Å². The van der Waals surface area contributed by atoms with E-state index in [1.165, 1.54) is 0 Å². The third kappa shape index (κ3) is 4.57. The normalized spacial score (nSPS) is 10.3. The van der Waals surface area contributed by atoms with Crippen LogP contribution in [0.15, 0.2) is 65.2 Å². The van der Waals surface area contributed by atoms with Gasteiger partial charge < -0.3 is 14.6 Å². The van der Waals surface area contributed by atoms with Crippen molar-refractivity contribution in [1.29, 1.82) is 0 Å². The summed E-state index contributed by atoms with van der Waals surface area (Å²) >= 11 is 0. The molecule has 0 fully saturated rings. The van der Waals surface area contributed by atoms with Crippen LogP contribution in [-0.4, -0.2) is 23.6 Å². The first-order chi connectivity index (χ1) is 12.6. The Morgan fingerprint density at radius 2 is 1.81 bits per heavy atom. The minimum Gasteiger partial charge on any atom is -0.458 e. The quantitative estimate of drug-likeness (QED) is 0.691. The molecule has 26 heavy (non-hydrogen) atoms. The van der Waals surface area contributed by atoms with Crippen LogP contribution >= 0.6 is 0 Å². The molecule has 1 aromatic heterocycles. The molecule has 132 valence electrons. The van der Waals surface area contributed by atoms with Crippen molar-refractivity contribution in [2.24, 2.45) is 0 Å². The Morgan fingerprint density at radius 1 is 1.08 bits per heavy atom. The van der Waals surface area contributed by atoms with Crippen LogP contribution in [0.4, 0.5) is 0 Å². The third-order valence-electron chi connectivity index (χ3n) is 3.71. The standard InChI is InChI=1S/C20H18N2O4/c1-14-7-9-15(10-8-14)18-11-17(22-26-18)13-25-19(23)12-21-20(24)16-5-3-2-4-6-16/h2-11H,12-13H2,1H3,(H,21,24). The molecule has 0 bridgehead atoms. The van der Waals surface area contributed by atoms with Crippen molar-refractivity contribution >= 4 is 11.9 Å². The average Bonchev–Trinajstić information content (AvgIpc) is 3.14. The van der Waals surface area contributed by atoms with Gasteiger partial charge in [-0.05, 0) is 19.1 Å². The molecule has 1 heterocycles. The molecule has 0 aliphatic rings. The number of hydrogen-bond donors (Lipinski definition) is 1. The van der Waals surface area contributed by atoms with Gasteiger partial charge in [-0.2, -0.15) is 0 Å². The van der Waals surface area contributed by atoms with Crippen LogP contribution in [0.1, 0.15) is 21.6 Å². The number of benzene rings is 2. The van der Waals surface area contributed by atoms with Gasteiger partial charge in [-0.3, -0.25) is 9.59 Å². The van der Waals surface area contributed by atoms with Crippen molar-refractivity contribution in [2.75, 3.05) is 6.54 Å². The number of ether oxygens (including phenoxy) is 1. The molecule has 6 nitrogen and oxygen atoms in total. The van der Waals surface area contributed by atoms with Crippen molar-refractivity contribution < 1.29 is 18.8 Å². The fourth-order valence-electron chi connectivity index (χ4n) is 2.28. The molecular weight excluding hydrogens is 332 g/mol. The first-order valence-electron chi connectivity index (χ1n) is 8.13. The number of amides is 1. The van der Waals surface area contributed by atoms with Crippen molar-refractivity contribution in [1.82, 2.24) is 10.5 Å². The first-order valence-corrected chi connectivity index (χ1v) is 8.13. The molecular formula is C20H18N2O4. The lowest BCUT2D eigenvalue weighted by molar-refractivity contribution is -0.143. The van der Waals surface area contributed by atoms with Gasteiger partial charge >= 0.3 is 5.97 Å². The predicted octanol–water partition coefficient (Wildman–Crippen LogP) is 3.12. The zero-order valence-corrected chi connectivity index (χ0v) is 14.3. The number of esters is 1. The lowest BCUT2D eigenvalue weighted by atomic mass is 10.1. The van der Waals surface area contributed by atoms with Crippen molar-refractivity contribution in [3.05, 3.63) is 77.5 Å². The topological polar surface area (TPSA) is 81.4 Å². The molecule has 6 heteroatoms. The zero-order chi connectivity index (χ0) is 18.4. The van der Waals surface area contributed by atoms with E-state index in [0.717, 1.165) is 11.1 Å². The number of carbonyl (C=O) groups excluding carboxylic acids is 2. The van der Waals surface area contributed by atoms with Crippen LogP contribution in [0.3, 0.4) is 0 Å². The number of rotatable bonds is 6. The number of aromatic nitrogens is 1. The molecule has 0 atom stereocenters. The molecule has 0 radical (unpaired) electrons. The lowest BCUT2D eigenvalue weighted by Gasteiger charge is -2.05. The van der Waals surface area contributed by atoms with Gasteiger partial charge in [0.25, 0.3) is 5.91 Å². The van der Waals surface area contributed by atoms with Gasteiger partial charge in [0, 0.05) is 17.2 Å². The van der Waals surface area contributed by atoms with Gasteiger partial charge in [0.2, 0.25) is 0 Å². The highest BCUT2D eigenvalue weighted by atomic mass is 16.5. The summed E-state index contributed by atoms with van der Waals surface area (Å²) < 4.78 is 10.4. The summed E-state index contributed by atoms with van der Waals surface area (Å²) in [5, 5.41) is 6.40. The molecule has 1 N–H and O–H groups in total. The summed E-state index contributed by atoms with van der Waals surface area (Å²) in [5.41, 5.74) is 3.04. The molecule has 0 saturated carbocycles. The van der Waals surface area contributed by atoms with Gasteiger partial charge in [-0.15, -0.1) is 0 Å². The second kappa shape index (κ2) is 8.11.